The molecule has 0 saturated carbocycles. The fraction of sp³-hybridized carbons (Fsp3) is 0.652. The lowest BCUT2D eigenvalue weighted by atomic mass is 9.94. The van der Waals surface area contributed by atoms with Gasteiger partial charge in [0, 0.05) is 17.7 Å². The Morgan fingerprint density at radius 2 is 0.769 bits per heavy atom. The predicted octanol–water partition coefficient (Wildman–Crippen LogP) is 18.1. The fourth-order valence-corrected chi connectivity index (χ4v) is 10.0. The third-order valence-electron chi connectivity index (χ3n) is 14.9. The first-order valence-electron chi connectivity index (χ1n) is 30.8. The molecule has 3 atom stereocenters. The van der Waals surface area contributed by atoms with E-state index in [1.807, 2.05) is 0 Å². The molecular formula is C66H101N3O9. The summed E-state index contributed by atoms with van der Waals surface area (Å²) in [5.41, 5.74) is 1.18. The van der Waals surface area contributed by atoms with Crippen molar-refractivity contribution in [3.63, 3.8) is 0 Å². The number of aromatic nitrogens is 3. The normalized spacial score (nSPS) is 12.5. The summed E-state index contributed by atoms with van der Waals surface area (Å²) in [6.45, 7) is 10.1. The average Bonchev–Trinajstić information content (AvgIpc) is 3.49. The number of carbonyl (C=O) groups excluding carboxylic acids is 2. The molecule has 4 rings (SSSR count). The van der Waals surface area contributed by atoms with Crippen molar-refractivity contribution >= 4 is 11.9 Å². The Kier molecular flexibility index (Phi) is 33.3. The van der Waals surface area contributed by atoms with E-state index in [0.717, 1.165) is 25.7 Å². The van der Waals surface area contributed by atoms with Crippen LogP contribution in [0.4, 0.5) is 0 Å². The number of ether oxygens (including phenoxy) is 5. The van der Waals surface area contributed by atoms with Crippen LogP contribution in [0.15, 0.2) is 60.7 Å². The van der Waals surface area contributed by atoms with E-state index < -0.39 is 24.1 Å². The monoisotopic (exact) mass is 1080 g/mol. The highest BCUT2D eigenvalue weighted by Crippen LogP contribution is 2.36. The first-order chi connectivity index (χ1) is 38.1. The number of phenols is 2. The van der Waals surface area contributed by atoms with Crippen molar-refractivity contribution in [3.8, 4) is 62.9 Å². The van der Waals surface area contributed by atoms with Gasteiger partial charge >= 0.3 is 11.9 Å². The summed E-state index contributed by atoms with van der Waals surface area (Å²) in [6.07, 6.45) is 40.5. The van der Waals surface area contributed by atoms with Crippen LogP contribution >= 0.6 is 0 Å². The number of aromatic hydroxyl groups is 2. The van der Waals surface area contributed by atoms with E-state index in [4.69, 9.17) is 33.7 Å². The van der Waals surface area contributed by atoms with Gasteiger partial charge < -0.3 is 33.9 Å². The van der Waals surface area contributed by atoms with Gasteiger partial charge in [0.25, 0.3) is 0 Å². The molecule has 0 aliphatic carbocycles. The van der Waals surface area contributed by atoms with Gasteiger partial charge in [-0.2, -0.15) is 0 Å². The molecule has 78 heavy (non-hydrogen) atoms. The van der Waals surface area contributed by atoms with Crippen LogP contribution in [0.1, 0.15) is 240 Å². The molecule has 3 unspecified atom stereocenters. The molecule has 434 valence electrons. The Hall–Kier alpha value is -5.39. The van der Waals surface area contributed by atoms with Crippen LogP contribution in [-0.2, 0) is 19.1 Å². The number of esters is 2. The van der Waals surface area contributed by atoms with Crippen molar-refractivity contribution in [2.75, 3.05) is 20.3 Å². The lowest BCUT2D eigenvalue weighted by Gasteiger charge is -2.20. The van der Waals surface area contributed by atoms with E-state index in [2.05, 4.69) is 18.8 Å². The Morgan fingerprint density at radius 1 is 0.436 bits per heavy atom. The zero-order chi connectivity index (χ0) is 56.0. The Labute approximate surface area is 470 Å². The second-order valence-electron chi connectivity index (χ2n) is 21.6. The van der Waals surface area contributed by atoms with Crippen molar-refractivity contribution < 1.29 is 43.5 Å². The molecule has 0 saturated heterocycles. The fourth-order valence-electron chi connectivity index (χ4n) is 10.0. The Morgan fingerprint density at radius 3 is 1.12 bits per heavy atom. The van der Waals surface area contributed by atoms with Gasteiger partial charge in [0.1, 0.15) is 28.7 Å². The maximum Gasteiger partial charge on any atom is 0.347 e. The molecule has 0 aliphatic heterocycles. The number of rotatable bonds is 45. The molecule has 12 heteroatoms. The summed E-state index contributed by atoms with van der Waals surface area (Å²) < 4.78 is 28.2. The SMILES string of the molecule is CCCCCCCCCCCCCCCCCCC(CCCCCCCCCCCCCCCC)COC(=O)C(C)Oc1ccc(-c2nc(-c3ccc(OC)cc3)nc(-c3ccc(OC(C)C(=O)OCC)cc3O)n2)c(O)c1. The third kappa shape index (κ3) is 26.0. The predicted molar refractivity (Wildman–Crippen MR) is 316 cm³/mol. The summed E-state index contributed by atoms with van der Waals surface area (Å²) in [7, 11) is 1.58. The van der Waals surface area contributed by atoms with Crippen molar-refractivity contribution in [3.05, 3.63) is 60.7 Å². The summed E-state index contributed by atoms with van der Waals surface area (Å²) in [4.78, 5) is 39.8. The highest BCUT2D eigenvalue weighted by atomic mass is 16.6. The van der Waals surface area contributed by atoms with Crippen LogP contribution in [0.25, 0.3) is 34.2 Å². The van der Waals surface area contributed by atoms with Crippen LogP contribution in [0.3, 0.4) is 0 Å². The van der Waals surface area contributed by atoms with Gasteiger partial charge in [-0.25, -0.2) is 24.5 Å². The van der Waals surface area contributed by atoms with Crippen LogP contribution in [0.5, 0.6) is 28.7 Å². The summed E-state index contributed by atoms with van der Waals surface area (Å²) in [5, 5.41) is 22.7. The molecule has 0 amide bonds. The molecular weight excluding hydrogens is 979 g/mol. The second kappa shape index (κ2) is 39.9. The standard InChI is InChI=1S/C66H101N3O9/c1-7-10-12-14-16-18-20-22-24-25-27-29-31-33-35-37-39-53(38-36-34-32-30-28-26-23-21-19-17-15-13-11-8-2)50-76-66(73)52(5)78-57-45-47-59(61(71)49-57)64-68-62(54-40-42-55(74-6)43-41-54)67-63(69-64)58-46-44-56(48-60(58)70)77-51(4)65(72)75-9-3/h40-49,51-53,70-71H,7-39,50H2,1-6H3. The van der Waals surface area contributed by atoms with Crippen molar-refractivity contribution in [2.45, 2.75) is 252 Å². The minimum atomic E-state index is -0.909. The lowest BCUT2D eigenvalue weighted by molar-refractivity contribution is -0.152. The van der Waals surface area contributed by atoms with Gasteiger partial charge in [-0.3, -0.25) is 0 Å². The van der Waals surface area contributed by atoms with Crippen LogP contribution < -0.4 is 14.2 Å². The Balaban J connectivity index is 1.32. The number of hydrogen-bond acceptors (Lipinski definition) is 12. The Bertz CT molecular complexity index is 2240. The topological polar surface area (TPSA) is 159 Å². The van der Waals surface area contributed by atoms with Crippen molar-refractivity contribution in [2.24, 2.45) is 5.92 Å². The minimum Gasteiger partial charge on any atom is -0.507 e. The van der Waals surface area contributed by atoms with E-state index in [0.29, 0.717) is 23.8 Å². The van der Waals surface area contributed by atoms with E-state index in [-0.39, 0.29) is 58.2 Å². The zero-order valence-corrected chi connectivity index (χ0v) is 49.1. The molecule has 2 N–H and O–H groups in total. The number of nitrogens with zero attached hydrogens (tertiary/aromatic N) is 3. The highest BCUT2D eigenvalue weighted by molar-refractivity contribution is 5.76. The first kappa shape index (κ1) is 65.1. The maximum atomic E-state index is 13.5. The van der Waals surface area contributed by atoms with Crippen molar-refractivity contribution in [1.82, 2.24) is 15.0 Å². The molecule has 0 bridgehead atoms. The van der Waals surface area contributed by atoms with Gasteiger partial charge in [0.05, 0.1) is 31.5 Å². The number of carbonyl (C=O) groups is 2. The smallest absolute Gasteiger partial charge is 0.347 e. The van der Waals surface area contributed by atoms with E-state index >= 15 is 0 Å². The molecule has 12 nitrogen and oxygen atoms in total. The van der Waals surface area contributed by atoms with Crippen molar-refractivity contribution in [1.29, 1.82) is 0 Å². The molecule has 1 heterocycles. The largest absolute Gasteiger partial charge is 0.507 e. The average molecular weight is 1080 g/mol. The number of benzene rings is 3. The molecule has 0 fully saturated rings. The minimum absolute atomic E-state index is 0.127. The summed E-state index contributed by atoms with van der Waals surface area (Å²) in [5.74, 6) is 0.690. The van der Waals surface area contributed by atoms with Gasteiger partial charge in [-0.15, -0.1) is 0 Å². The zero-order valence-electron chi connectivity index (χ0n) is 49.1. The number of phenolic OH excluding ortho intramolecular Hbond substituents is 2. The number of methoxy groups -OCH3 is 1. The van der Waals surface area contributed by atoms with Gasteiger partial charge in [0.2, 0.25) is 0 Å². The summed E-state index contributed by atoms with van der Waals surface area (Å²) in [6, 6.07) is 16.4. The van der Waals surface area contributed by atoms with Crippen LogP contribution in [0.2, 0.25) is 0 Å². The molecule has 0 radical (unpaired) electrons. The molecule has 4 aromatic rings. The third-order valence-corrected chi connectivity index (χ3v) is 14.9. The second-order valence-corrected chi connectivity index (χ2v) is 21.6. The summed E-state index contributed by atoms with van der Waals surface area (Å²) >= 11 is 0. The first-order valence-corrected chi connectivity index (χ1v) is 30.8. The van der Waals surface area contributed by atoms with Gasteiger partial charge in [0.15, 0.2) is 29.7 Å². The van der Waals surface area contributed by atoms with E-state index in [1.54, 1.807) is 76.4 Å². The van der Waals surface area contributed by atoms with Gasteiger partial charge in [-0.1, -0.05) is 206 Å². The van der Waals surface area contributed by atoms with E-state index in [1.165, 1.54) is 192 Å². The van der Waals surface area contributed by atoms with Crippen LogP contribution in [0, 0.1) is 5.92 Å². The maximum absolute atomic E-state index is 13.5. The van der Waals surface area contributed by atoms with Gasteiger partial charge in [-0.05, 0) is 88.1 Å². The molecule has 1 aromatic heterocycles. The highest BCUT2D eigenvalue weighted by Gasteiger charge is 2.23. The number of hydrogen-bond donors (Lipinski definition) is 2. The lowest BCUT2D eigenvalue weighted by Crippen LogP contribution is -2.28. The van der Waals surface area contributed by atoms with Crippen LogP contribution in [-0.4, -0.2) is 69.6 Å². The molecule has 0 aliphatic rings. The molecule has 3 aromatic carbocycles. The quantitative estimate of drug-likeness (QED) is 0.0319. The van der Waals surface area contributed by atoms with E-state index in [9.17, 15) is 19.8 Å². The molecule has 0 spiro atoms. The number of unbranched alkanes of at least 4 members (excludes halogenated alkanes) is 28.